The molecule has 1 N–H and O–H groups in total. The molecule has 0 unspecified atom stereocenters. The highest BCUT2D eigenvalue weighted by Crippen LogP contribution is 2.04. The molecule has 2 aromatic rings. The molecule has 0 aliphatic rings. The van der Waals surface area contributed by atoms with Crippen molar-refractivity contribution >= 4 is 11.7 Å². The van der Waals surface area contributed by atoms with E-state index < -0.39 is 0 Å². The number of anilines is 1. The van der Waals surface area contributed by atoms with E-state index in [1.54, 1.807) is 12.4 Å². The SMILES string of the molecule is CC(=NNc1nc(C)cc(C)n1)c1cccnc1. The third-order valence-corrected chi connectivity index (χ3v) is 2.39. The van der Waals surface area contributed by atoms with Crippen molar-refractivity contribution in [2.45, 2.75) is 20.8 Å². The van der Waals surface area contributed by atoms with Crippen LogP contribution in [0.15, 0.2) is 35.7 Å². The fourth-order valence-electron chi connectivity index (χ4n) is 1.55. The van der Waals surface area contributed by atoms with E-state index in [1.807, 2.05) is 39.0 Å². The molecule has 0 saturated carbocycles. The van der Waals surface area contributed by atoms with E-state index in [4.69, 9.17) is 0 Å². The average molecular weight is 241 g/mol. The number of nitrogens with one attached hydrogen (secondary N) is 1. The Bertz CT molecular complexity index is 543. The molecular weight excluding hydrogens is 226 g/mol. The van der Waals surface area contributed by atoms with Gasteiger partial charge in [-0.05, 0) is 32.9 Å². The fourth-order valence-corrected chi connectivity index (χ4v) is 1.55. The van der Waals surface area contributed by atoms with Crippen molar-refractivity contribution in [1.82, 2.24) is 15.0 Å². The molecule has 0 bridgehead atoms. The second-order valence-electron chi connectivity index (χ2n) is 4.03. The van der Waals surface area contributed by atoms with Crippen LogP contribution in [0, 0.1) is 13.8 Å². The Balaban J connectivity index is 2.15. The molecule has 0 atom stereocenters. The first-order valence-electron chi connectivity index (χ1n) is 5.68. The van der Waals surface area contributed by atoms with Gasteiger partial charge in [-0.3, -0.25) is 4.98 Å². The molecule has 0 saturated heterocycles. The molecule has 2 heterocycles. The maximum Gasteiger partial charge on any atom is 0.243 e. The minimum absolute atomic E-state index is 0.510. The smallest absolute Gasteiger partial charge is 0.243 e. The normalized spacial score (nSPS) is 11.4. The number of aromatic nitrogens is 3. The first kappa shape index (κ1) is 12.2. The van der Waals surface area contributed by atoms with Crippen LogP contribution in [-0.2, 0) is 0 Å². The second-order valence-corrected chi connectivity index (χ2v) is 4.03. The second kappa shape index (κ2) is 5.35. The fraction of sp³-hybridized carbons (Fsp3) is 0.231. The van der Waals surface area contributed by atoms with Crippen LogP contribution in [0.2, 0.25) is 0 Å². The molecule has 2 rings (SSSR count). The maximum atomic E-state index is 4.25. The zero-order valence-corrected chi connectivity index (χ0v) is 10.7. The van der Waals surface area contributed by atoms with Crippen LogP contribution < -0.4 is 5.43 Å². The number of hydrogen-bond acceptors (Lipinski definition) is 5. The van der Waals surface area contributed by atoms with E-state index in [0.717, 1.165) is 22.7 Å². The van der Waals surface area contributed by atoms with E-state index in [0.29, 0.717) is 5.95 Å². The van der Waals surface area contributed by atoms with Crippen molar-refractivity contribution < 1.29 is 0 Å². The number of aryl methyl sites for hydroxylation is 2. The van der Waals surface area contributed by atoms with Gasteiger partial charge in [0.1, 0.15) is 0 Å². The van der Waals surface area contributed by atoms with Crippen molar-refractivity contribution in [3.63, 3.8) is 0 Å². The van der Waals surface area contributed by atoms with E-state index in [9.17, 15) is 0 Å². The van der Waals surface area contributed by atoms with Gasteiger partial charge in [-0.15, -0.1) is 0 Å². The van der Waals surface area contributed by atoms with E-state index >= 15 is 0 Å². The highest BCUT2D eigenvalue weighted by molar-refractivity contribution is 5.98. The van der Waals surface area contributed by atoms with Gasteiger partial charge in [-0.1, -0.05) is 6.07 Å². The summed E-state index contributed by atoms with van der Waals surface area (Å²) in [6, 6.07) is 5.75. The summed E-state index contributed by atoms with van der Waals surface area (Å²) in [4.78, 5) is 12.6. The third kappa shape index (κ3) is 3.10. The lowest BCUT2D eigenvalue weighted by Gasteiger charge is -2.03. The predicted octanol–water partition coefficient (Wildman–Crippen LogP) is 2.32. The summed E-state index contributed by atoms with van der Waals surface area (Å²) in [5.74, 6) is 0.510. The molecule has 0 amide bonds. The van der Waals surface area contributed by atoms with Gasteiger partial charge in [0.25, 0.3) is 0 Å². The molecule has 2 aromatic heterocycles. The van der Waals surface area contributed by atoms with Gasteiger partial charge in [0.2, 0.25) is 5.95 Å². The Kier molecular flexibility index (Phi) is 3.62. The first-order chi connectivity index (χ1) is 8.65. The van der Waals surface area contributed by atoms with Crippen LogP contribution in [0.1, 0.15) is 23.9 Å². The van der Waals surface area contributed by atoms with Crippen molar-refractivity contribution in [3.8, 4) is 0 Å². The summed E-state index contributed by atoms with van der Waals surface area (Å²) in [6.45, 7) is 5.77. The molecular formula is C13H15N5. The number of pyridine rings is 1. The predicted molar refractivity (Wildman–Crippen MR) is 71.6 cm³/mol. The maximum absolute atomic E-state index is 4.25. The molecule has 0 radical (unpaired) electrons. The van der Waals surface area contributed by atoms with Gasteiger partial charge in [-0.2, -0.15) is 5.10 Å². The minimum Gasteiger partial charge on any atom is -0.264 e. The van der Waals surface area contributed by atoms with Crippen LogP contribution >= 0.6 is 0 Å². The Labute approximate surface area is 106 Å². The number of nitrogens with zero attached hydrogens (tertiary/aromatic N) is 4. The number of rotatable bonds is 3. The van der Waals surface area contributed by atoms with Crippen molar-refractivity contribution in [2.24, 2.45) is 5.10 Å². The quantitative estimate of drug-likeness (QED) is 0.661. The van der Waals surface area contributed by atoms with Crippen LogP contribution in [0.4, 0.5) is 5.95 Å². The summed E-state index contributed by atoms with van der Waals surface area (Å²) in [5, 5.41) is 4.25. The lowest BCUT2D eigenvalue weighted by Crippen LogP contribution is -2.03. The lowest BCUT2D eigenvalue weighted by atomic mass is 10.2. The first-order valence-corrected chi connectivity index (χ1v) is 5.68. The van der Waals surface area contributed by atoms with E-state index in [1.165, 1.54) is 0 Å². The van der Waals surface area contributed by atoms with E-state index in [2.05, 4.69) is 25.5 Å². The van der Waals surface area contributed by atoms with E-state index in [-0.39, 0.29) is 0 Å². The van der Waals surface area contributed by atoms with Crippen molar-refractivity contribution in [1.29, 1.82) is 0 Å². The molecule has 0 aromatic carbocycles. The van der Waals surface area contributed by atoms with Crippen LogP contribution in [0.3, 0.4) is 0 Å². The standard InChI is InChI=1S/C13H15N5/c1-9-7-10(2)16-13(15-9)18-17-11(3)12-5-4-6-14-8-12/h4-8H,1-3H3,(H,15,16,18). The summed E-state index contributed by atoms with van der Waals surface area (Å²) in [7, 11) is 0. The zero-order chi connectivity index (χ0) is 13.0. The molecule has 92 valence electrons. The van der Waals surface area contributed by atoms with Gasteiger partial charge in [0.15, 0.2) is 0 Å². The topological polar surface area (TPSA) is 63.1 Å². The zero-order valence-electron chi connectivity index (χ0n) is 10.7. The summed E-state index contributed by atoms with van der Waals surface area (Å²) < 4.78 is 0. The highest BCUT2D eigenvalue weighted by Gasteiger charge is 1.99. The number of hydrogen-bond donors (Lipinski definition) is 1. The van der Waals surface area contributed by atoms with Crippen LogP contribution in [-0.4, -0.2) is 20.7 Å². The van der Waals surface area contributed by atoms with Crippen molar-refractivity contribution in [3.05, 3.63) is 47.5 Å². The Morgan fingerprint density at radius 1 is 1.22 bits per heavy atom. The molecule has 18 heavy (non-hydrogen) atoms. The highest BCUT2D eigenvalue weighted by atomic mass is 15.4. The van der Waals surface area contributed by atoms with Gasteiger partial charge >= 0.3 is 0 Å². The Morgan fingerprint density at radius 3 is 2.56 bits per heavy atom. The molecule has 5 nitrogen and oxygen atoms in total. The third-order valence-electron chi connectivity index (χ3n) is 2.39. The summed E-state index contributed by atoms with van der Waals surface area (Å²) in [6.07, 6.45) is 3.50. The monoisotopic (exact) mass is 241 g/mol. The van der Waals surface area contributed by atoms with Gasteiger partial charge in [0.05, 0.1) is 5.71 Å². The summed E-state index contributed by atoms with van der Waals surface area (Å²) in [5.41, 5.74) is 6.50. The molecule has 5 heteroatoms. The molecule has 0 spiro atoms. The Hall–Kier alpha value is -2.30. The van der Waals surface area contributed by atoms with Crippen molar-refractivity contribution in [2.75, 3.05) is 5.43 Å². The number of hydrazone groups is 1. The molecule has 0 fully saturated rings. The molecule has 0 aliphatic carbocycles. The van der Waals surface area contributed by atoms with Gasteiger partial charge in [-0.25, -0.2) is 15.4 Å². The van der Waals surface area contributed by atoms with Crippen LogP contribution in [0.25, 0.3) is 0 Å². The van der Waals surface area contributed by atoms with Crippen LogP contribution in [0.5, 0.6) is 0 Å². The summed E-state index contributed by atoms with van der Waals surface area (Å²) >= 11 is 0. The van der Waals surface area contributed by atoms with Gasteiger partial charge < -0.3 is 0 Å². The average Bonchev–Trinajstić information content (AvgIpc) is 2.36. The Morgan fingerprint density at radius 2 is 1.94 bits per heavy atom. The largest absolute Gasteiger partial charge is 0.264 e. The lowest BCUT2D eigenvalue weighted by molar-refractivity contribution is 1.03. The molecule has 0 aliphatic heterocycles. The minimum atomic E-state index is 0.510. The van der Waals surface area contributed by atoms with Gasteiger partial charge in [0, 0.05) is 29.3 Å².